The SMILES string of the molecule is C.C.CC.CC.CC.Cc1ccc(C2=CCN(C)CC2)cc1.Cc1ccc(C2CCNCC2)cc1.I[I-]I.[2H]N1CCC(O)(c2ccc(C)cc2)CC1. The summed E-state index contributed by atoms with van der Waals surface area (Å²) >= 11 is 5.30. The van der Waals surface area contributed by atoms with E-state index in [4.69, 9.17) is 1.41 Å². The second-order valence-electron chi connectivity index (χ2n) is 12.2. The molecule has 0 unspecified atom stereocenters. The van der Waals surface area contributed by atoms with Gasteiger partial charge in [0.1, 0.15) is 1.41 Å². The average molecular weight is 1060 g/mol. The van der Waals surface area contributed by atoms with Crippen molar-refractivity contribution in [1.29, 1.82) is 0 Å². The molecule has 7 heteroatoms. The number of hydrogen-bond acceptors (Lipinski definition) is 4. The van der Waals surface area contributed by atoms with Crippen molar-refractivity contribution in [3.05, 3.63) is 112 Å². The molecule has 3 aromatic carbocycles. The zero-order chi connectivity index (χ0) is 38.7. The minimum Gasteiger partial charge on any atom is -0.385 e. The second-order valence-corrected chi connectivity index (χ2v) is 28.4. The molecule has 3 heterocycles. The Kier molecular flexibility index (Phi) is 35.9. The Balaban J connectivity index is -0.000000627. The molecule has 3 aromatic rings. The van der Waals surface area contributed by atoms with Gasteiger partial charge in [-0.1, -0.05) is 152 Å². The third-order valence-electron chi connectivity index (χ3n) is 8.68. The molecule has 0 amide bonds. The van der Waals surface area contributed by atoms with Crippen molar-refractivity contribution < 1.29 is 19.8 Å². The molecule has 52 heavy (non-hydrogen) atoms. The van der Waals surface area contributed by atoms with Crippen LogP contribution in [0.4, 0.5) is 0 Å². The number of likely N-dealkylation sites (N-methyl/N-ethyl adjacent to an activating group) is 1. The van der Waals surface area contributed by atoms with E-state index in [1.54, 1.807) is 0 Å². The zero-order valence-electron chi connectivity index (χ0n) is 33.8. The normalized spacial score (nSPS) is 16.6. The molecule has 0 aliphatic carbocycles. The van der Waals surface area contributed by atoms with Crippen LogP contribution < -0.4 is 23.9 Å². The summed E-state index contributed by atoms with van der Waals surface area (Å²) in [4.78, 5) is 2.34. The molecule has 6 rings (SSSR count). The molecular weight excluding hydrogens is 979 g/mol. The molecule has 3 N–H and O–H groups in total. The van der Waals surface area contributed by atoms with Gasteiger partial charge < -0.3 is 20.6 Å². The van der Waals surface area contributed by atoms with Gasteiger partial charge in [0.05, 0.1) is 5.60 Å². The Morgan fingerprint density at radius 3 is 1.58 bits per heavy atom. The van der Waals surface area contributed by atoms with E-state index in [0.29, 0.717) is 39.2 Å². The van der Waals surface area contributed by atoms with E-state index in [2.05, 4.69) is 123 Å². The summed E-state index contributed by atoms with van der Waals surface area (Å²) in [5, 5.41) is 15.4. The quantitative estimate of drug-likeness (QED) is 0.229. The summed E-state index contributed by atoms with van der Waals surface area (Å²) in [6.45, 7) is 24.2. The van der Waals surface area contributed by atoms with Gasteiger partial charge in [-0.25, -0.2) is 0 Å². The predicted octanol–water partition coefficient (Wildman–Crippen LogP) is 9.87. The molecule has 0 atom stereocenters. The van der Waals surface area contributed by atoms with Gasteiger partial charge in [0, 0.05) is 13.1 Å². The number of rotatable bonds is 3. The first kappa shape index (κ1) is 53.5. The van der Waals surface area contributed by atoms with Crippen molar-refractivity contribution in [2.24, 2.45) is 0 Å². The van der Waals surface area contributed by atoms with Crippen LogP contribution >= 0.6 is 37.2 Å². The molecule has 3 aliphatic rings. The first-order chi connectivity index (χ1) is 24.6. The smallest absolute Gasteiger partial charge is 0.122 e. The molecule has 2 fully saturated rings. The van der Waals surface area contributed by atoms with Crippen molar-refractivity contribution >= 4 is 42.8 Å². The summed E-state index contributed by atoms with van der Waals surface area (Å²) in [5.74, 6) is 0.793. The van der Waals surface area contributed by atoms with E-state index in [1.165, 1.54) is 77.6 Å². The number of piperidine rings is 2. The monoisotopic (exact) mass is 1060 g/mol. The van der Waals surface area contributed by atoms with Crippen LogP contribution in [0, 0.1) is 20.8 Å². The van der Waals surface area contributed by atoms with Gasteiger partial charge in [-0.15, -0.1) is 0 Å². The van der Waals surface area contributed by atoms with Crippen molar-refractivity contribution in [3.8, 4) is 0 Å². The van der Waals surface area contributed by atoms with Crippen LogP contribution in [0.1, 0.15) is 128 Å². The molecule has 0 bridgehead atoms. The Morgan fingerprint density at radius 1 is 0.731 bits per heavy atom. The number of aryl methyl sites for hydroxylation is 3. The molecular formula is C45H77I3N3O-. The number of aliphatic hydroxyl groups is 1. The van der Waals surface area contributed by atoms with Crippen LogP contribution in [0.3, 0.4) is 0 Å². The van der Waals surface area contributed by atoms with Crippen LogP contribution in [0.15, 0.2) is 78.9 Å². The standard InChI is InChI=1S/C13H17N.C12H17NO.C12H17N.3C2H6.2CH4.I3/c1-11-3-5-12(6-4-11)13-7-9-14(2)10-8-13;1-10-2-4-11(5-3-10)12(14)6-8-13-9-7-12;1-10-2-4-11(5-3-10)12-6-8-13-9-7-12;3*1-2;;;1-3-2/h3-7H,8-10H2,1-2H3;2-5,13-14H,6-9H2,1H3;2-5,12-13H,6-9H2,1H3;3*1-2H3;2*1H4;/q;;;;;;;;-1/i/hD. The average Bonchev–Trinajstić information content (AvgIpc) is 3.18. The minimum atomic E-state index is -0.717. The van der Waals surface area contributed by atoms with E-state index >= 15 is 0 Å². The Hall–Kier alpha value is -0.570. The molecule has 300 valence electrons. The molecule has 0 radical (unpaired) electrons. The first-order valence-corrected chi connectivity index (χ1v) is 31.3. The number of nitrogens with zero attached hydrogens (tertiary/aromatic N) is 1. The Bertz CT molecular complexity index is 1270. The summed E-state index contributed by atoms with van der Waals surface area (Å²) in [7, 11) is 2.17. The van der Waals surface area contributed by atoms with Gasteiger partial charge in [0.25, 0.3) is 0 Å². The van der Waals surface area contributed by atoms with Crippen LogP contribution in [0.5, 0.6) is 0 Å². The summed E-state index contributed by atoms with van der Waals surface area (Å²) in [5.41, 5.74) is 8.59. The predicted molar refractivity (Wildman–Crippen MR) is 250 cm³/mol. The maximum absolute atomic E-state index is 10.4. The van der Waals surface area contributed by atoms with Crippen molar-refractivity contribution in [1.82, 2.24) is 15.5 Å². The summed E-state index contributed by atoms with van der Waals surface area (Å²) in [6.07, 6.45) is 7.42. The molecule has 2 saturated heterocycles. The number of benzene rings is 3. The van der Waals surface area contributed by atoms with Crippen molar-refractivity contribution in [2.75, 3.05) is 46.3 Å². The Morgan fingerprint density at radius 2 is 1.15 bits per heavy atom. The summed E-state index contributed by atoms with van der Waals surface area (Å²) in [6, 6.07) is 25.9. The molecule has 0 saturated carbocycles. The second kappa shape index (κ2) is 34.9. The van der Waals surface area contributed by atoms with Crippen LogP contribution in [0.2, 0.25) is 1.41 Å². The van der Waals surface area contributed by atoms with Gasteiger partial charge in [-0.2, -0.15) is 0 Å². The van der Waals surface area contributed by atoms with Crippen molar-refractivity contribution in [3.63, 3.8) is 0 Å². The van der Waals surface area contributed by atoms with Crippen LogP contribution in [-0.4, -0.2) is 56.3 Å². The first-order valence-electron chi connectivity index (χ1n) is 19.2. The maximum Gasteiger partial charge on any atom is 0.122 e. The van der Waals surface area contributed by atoms with E-state index in [-0.39, 0.29) is 14.9 Å². The molecule has 0 aromatic heterocycles. The largest absolute Gasteiger partial charge is 0.385 e. The van der Waals surface area contributed by atoms with E-state index in [0.717, 1.165) is 18.0 Å². The van der Waals surface area contributed by atoms with Crippen LogP contribution in [-0.2, 0) is 5.60 Å². The van der Waals surface area contributed by atoms with E-state index in [9.17, 15) is 5.11 Å². The third-order valence-corrected chi connectivity index (χ3v) is 8.68. The van der Waals surface area contributed by atoms with Gasteiger partial charge >= 0.3 is 50.5 Å². The molecule has 3 aliphatic heterocycles. The van der Waals surface area contributed by atoms with Gasteiger partial charge in [0.15, 0.2) is 0 Å². The third kappa shape index (κ3) is 22.7. The zero-order valence-corrected chi connectivity index (χ0v) is 39.3. The molecule has 0 spiro atoms. The van der Waals surface area contributed by atoms with Crippen LogP contribution in [0.25, 0.3) is 5.57 Å². The van der Waals surface area contributed by atoms with Gasteiger partial charge in [0.2, 0.25) is 0 Å². The molecule has 4 nitrogen and oxygen atoms in total. The fourth-order valence-corrected chi connectivity index (χ4v) is 5.71. The van der Waals surface area contributed by atoms with E-state index in [1.807, 2.05) is 72.7 Å². The number of hydrogen-bond donors (Lipinski definition) is 3. The minimum absolute atomic E-state index is 0. The Labute approximate surface area is 354 Å². The van der Waals surface area contributed by atoms with E-state index < -0.39 is 5.60 Å². The van der Waals surface area contributed by atoms with Gasteiger partial charge in [-0.05, 0) is 114 Å². The van der Waals surface area contributed by atoms with Gasteiger partial charge in [-0.3, -0.25) is 0 Å². The van der Waals surface area contributed by atoms with Crippen molar-refractivity contribution in [2.45, 2.75) is 121 Å². The topological polar surface area (TPSA) is 47.5 Å². The number of halogens is 3. The fraction of sp³-hybridized carbons (Fsp3) is 0.556. The summed E-state index contributed by atoms with van der Waals surface area (Å²) < 4.78 is 7.47. The maximum atomic E-state index is 10.4. The fourth-order valence-electron chi connectivity index (χ4n) is 5.71. The number of nitrogens with one attached hydrogen (secondary N) is 2.